The number of hydrogen-bond donors (Lipinski definition) is 2. The van der Waals surface area contributed by atoms with Crippen LogP contribution in [0.5, 0.6) is 0 Å². The van der Waals surface area contributed by atoms with E-state index < -0.39 is 0 Å². The Morgan fingerprint density at radius 3 is 2.35 bits per heavy atom. The van der Waals surface area contributed by atoms with Crippen molar-refractivity contribution in [2.45, 2.75) is 78.9 Å². The van der Waals surface area contributed by atoms with Crippen LogP contribution < -0.4 is 10.6 Å². The van der Waals surface area contributed by atoms with E-state index in [9.17, 15) is 0 Å². The third-order valence-corrected chi connectivity index (χ3v) is 3.60. The highest BCUT2D eigenvalue weighted by Crippen LogP contribution is 2.32. The SMILES string of the molecule is CC1=C=CCC(C)C[C@]1(C)N=C(NC(C)C)NC(C)C. The molecule has 1 aliphatic rings. The van der Waals surface area contributed by atoms with Gasteiger partial charge in [0, 0.05) is 12.1 Å². The van der Waals surface area contributed by atoms with E-state index in [-0.39, 0.29) is 5.54 Å². The molecule has 0 heterocycles. The van der Waals surface area contributed by atoms with Crippen molar-refractivity contribution in [3.63, 3.8) is 0 Å². The van der Waals surface area contributed by atoms with Gasteiger partial charge in [0.25, 0.3) is 0 Å². The molecule has 0 aromatic rings. The third-order valence-electron chi connectivity index (χ3n) is 3.60. The Kier molecular flexibility index (Phi) is 5.88. The molecule has 1 aliphatic carbocycles. The molecule has 1 unspecified atom stereocenters. The smallest absolute Gasteiger partial charge is 0.192 e. The van der Waals surface area contributed by atoms with Gasteiger partial charge in [-0.3, -0.25) is 0 Å². The maximum absolute atomic E-state index is 5.01. The molecule has 20 heavy (non-hydrogen) atoms. The Labute approximate surface area is 124 Å². The fourth-order valence-corrected chi connectivity index (χ4v) is 2.51. The van der Waals surface area contributed by atoms with Crippen LogP contribution in [0.25, 0.3) is 0 Å². The summed E-state index contributed by atoms with van der Waals surface area (Å²) in [4.78, 5) is 5.01. The molecule has 1 rings (SSSR count). The van der Waals surface area contributed by atoms with Crippen molar-refractivity contribution >= 4 is 5.96 Å². The van der Waals surface area contributed by atoms with Crippen LogP contribution in [0.3, 0.4) is 0 Å². The average molecular weight is 277 g/mol. The van der Waals surface area contributed by atoms with Crippen LogP contribution in [-0.2, 0) is 0 Å². The quantitative estimate of drug-likeness (QED) is 0.469. The van der Waals surface area contributed by atoms with Gasteiger partial charge in [0.2, 0.25) is 0 Å². The second-order valence-corrected chi connectivity index (χ2v) is 6.85. The van der Waals surface area contributed by atoms with E-state index in [0.717, 1.165) is 18.8 Å². The average Bonchev–Trinajstić information content (AvgIpc) is 2.36. The predicted molar refractivity (Wildman–Crippen MR) is 88.1 cm³/mol. The topological polar surface area (TPSA) is 36.4 Å². The summed E-state index contributed by atoms with van der Waals surface area (Å²) in [6.45, 7) is 15.2. The van der Waals surface area contributed by atoms with E-state index in [1.807, 2.05) is 0 Å². The molecule has 3 heteroatoms. The highest BCUT2D eigenvalue weighted by Gasteiger charge is 2.30. The molecule has 0 bridgehead atoms. The minimum Gasteiger partial charge on any atom is -0.354 e. The first-order valence-electron chi connectivity index (χ1n) is 7.78. The molecule has 0 aromatic heterocycles. The lowest BCUT2D eigenvalue weighted by molar-refractivity contribution is 0.405. The van der Waals surface area contributed by atoms with Gasteiger partial charge in [-0.15, -0.1) is 5.73 Å². The van der Waals surface area contributed by atoms with E-state index in [1.54, 1.807) is 0 Å². The van der Waals surface area contributed by atoms with E-state index in [2.05, 4.69) is 70.9 Å². The molecule has 0 aromatic carbocycles. The van der Waals surface area contributed by atoms with E-state index in [0.29, 0.717) is 18.0 Å². The molecular weight excluding hydrogens is 246 g/mol. The van der Waals surface area contributed by atoms with Crippen LogP contribution in [0, 0.1) is 5.92 Å². The van der Waals surface area contributed by atoms with Gasteiger partial charge in [-0.2, -0.15) is 0 Å². The maximum atomic E-state index is 5.01. The molecule has 0 saturated carbocycles. The van der Waals surface area contributed by atoms with Crippen molar-refractivity contribution in [1.29, 1.82) is 0 Å². The standard InChI is InChI=1S/C17H31N3/c1-12(2)18-16(19-13(3)4)20-17(7)11-14(5)9-8-10-15(17)6/h8,12-14H,9,11H2,1-7H3,(H2,18,19,20)/t14?,17-/m0/s1. The van der Waals surface area contributed by atoms with Gasteiger partial charge in [0.1, 0.15) is 0 Å². The Hall–Kier alpha value is -1.21. The number of nitrogens with one attached hydrogen (secondary N) is 2. The summed E-state index contributed by atoms with van der Waals surface area (Å²) in [5, 5.41) is 6.85. The molecule has 0 saturated heterocycles. The van der Waals surface area contributed by atoms with Gasteiger partial charge in [-0.25, -0.2) is 4.99 Å². The fraction of sp³-hybridized carbons (Fsp3) is 0.765. The second-order valence-electron chi connectivity index (χ2n) is 6.85. The predicted octanol–water partition coefficient (Wildman–Crippen LogP) is 3.63. The summed E-state index contributed by atoms with van der Waals surface area (Å²) < 4.78 is 0. The summed E-state index contributed by atoms with van der Waals surface area (Å²) in [6, 6.07) is 0.734. The minimum absolute atomic E-state index is 0.175. The Balaban J connectivity index is 3.07. The number of rotatable bonds is 3. The third kappa shape index (κ3) is 5.05. The zero-order valence-corrected chi connectivity index (χ0v) is 14.2. The summed E-state index contributed by atoms with van der Waals surface area (Å²) in [5.74, 6) is 1.53. The van der Waals surface area contributed by atoms with Crippen molar-refractivity contribution < 1.29 is 0 Å². The molecule has 114 valence electrons. The highest BCUT2D eigenvalue weighted by molar-refractivity contribution is 5.81. The number of nitrogens with zero attached hydrogens (tertiary/aromatic N) is 1. The molecular formula is C17H31N3. The number of guanidine groups is 1. The van der Waals surface area contributed by atoms with Gasteiger partial charge >= 0.3 is 0 Å². The second kappa shape index (κ2) is 6.99. The number of hydrogen-bond acceptors (Lipinski definition) is 1. The Morgan fingerprint density at radius 1 is 1.30 bits per heavy atom. The molecule has 0 amide bonds. The molecule has 2 atom stereocenters. The summed E-state index contributed by atoms with van der Waals surface area (Å²) in [5.41, 5.74) is 4.45. The van der Waals surface area contributed by atoms with Crippen LogP contribution in [0.2, 0.25) is 0 Å². The monoisotopic (exact) mass is 277 g/mol. The summed E-state index contributed by atoms with van der Waals surface area (Å²) >= 11 is 0. The Morgan fingerprint density at radius 2 is 1.85 bits per heavy atom. The van der Waals surface area contributed by atoms with E-state index in [4.69, 9.17) is 4.99 Å². The summed E-state index contributed by atoms with van der Waals surface area (Å²) in [6.07, 6.45) is 4.31. The van der Waals surface area contributed by atoms with Crippen molar-refractivity contribution in [3.05, 3.63) is 17.4 Å². The van der Waals surface area contributed by atoms with Gasteiger partial charge in [-0.05, 0) is 72.0 Å². The first-order chi connectivity index (χ1) is 9.23. The van der Waals surface area contributed by atoms with Crippen LogP contribution >= 0.6 is 0 Å². The van der Waals surface area contributed by atoms with Gasteiger partial charge in [0.15, 0.2) is 5.96 Å². The van der Waals surface area contributed by atoms with Crippen LogP contribution in [-0.4, -0.2) is 23.6 Å². The van der Waals surface area contributed by atoms with Gasteiger partial charge in [-0.1, -0.05) is 6.92 Å². The zero-order chi connectivity index (χ0) is 15.3. The van der Waals surface area contributed by atoms with E-state index in [1.165, 1.54) is 5.57 Å². The molecule has 2 N–H and O–H groups in total. The summed E-state index contributed by atoms with van der Waals surface area (Å²) in [7, 11) is 0. The highest BCUT2D eigenvalue weighted by atomic mass is 15.2. The largest absolute Gasteiger partial charge is 0.354 e. The molecule has 0 radical (unpaired) electrons. The number of aliphatic imine (C=N–C) groups is 1. The lowest BCUT2D eigenvalue weighted by atomic mass is 9.85. The van der Waals surface area contributed by atoms with E-state index >= 15 is 0 Å². The maximum Gasteiger partial charge on any atom is 0.192 e. The fourth-order valence-electron chi connectivity index (χ4n) is 2.51. The van der Waals surface area contributed by atoms with Crippen LogP contribution in [0.4, 0.5) is 0 Å². The minimum atomic E-state index is -0.175. The van der Waals surface area contributed by atoms with Crippen molar-refractivity contribution in [2.24, 2.45) is 10.9 Å². The van der Waals surface area contributed by atoms with Crippen LogP contribution in [0.1, 0.15) is 61.3 Å². The van der Waals surface area contributed by atoms with Gasteiger partial charge < -0.3 is 10.6 Å². The lowest BCUT2D eigenvalue weighted by Crippen LogP contribution is -2.46. The Bertz CT molecular complexity index is 402. The lowest BCUT2D eigenvalue weighted by Gasteiger charge is -2.29. The molecule has 0 fully saturated rings. The van der Waals surface area contributed by atoms with Gasteiger partial charge in [0.05, 0.1) is 5.54 Å². The van der Waals surface area contributed by atoms with Crippen molar-refractivity contribution in [3.8, 4) is 0 Å². The van der Waals surface area contributed by atoms with Crippen molar-refractivity contribution in [2.75, 3.05) is 0 Å². The first-order valence-corrected chi connectivity index (χ1v) is 7.78. The van der Waals surface area contributed by atoms with Crippen LogP contribution in [0.15, 0.2) is 22.4 Å². The molecule has 3 nitrogen and oxygen atoms in total. The molecule has 0 aliphatic heterocycles. The zero-order valence-electron chi connectivity index (χ0n) is 14.2. The first kappa shape index (κ1) is 16.8. The molecule has 0 spiro atoms. The van der Waals surface area contributed by atoms with Crippen molar-refractivity contribution in [1.82, 2.24) is 10.6 Å². The normalized spacial score (nSPS) is 26.2.